The SMILES string of the molecule is CC(C)(C)c1cc(N2CCCC2)nc(SCc2ccc(C(=O)NCC3CC3)cc2)n1. The van der Waals surface area contributed by atoms with E-state index in [0.717, 1.165) is 47.6 Å². The highest BCUT2D eigenvalue weighted by atomic mass is 32.2. The van der Waals surface area contributed by atoms with Crippen molar-refractivity contribution in [3.8, 4) is 0 Å². The molecule has 1 N–H and O–H groups in total. The van der Waals surface area contributed by atoms with E-state index in [2.05, 4.69) is 37.1 Å². The van der Waals surface area contributed by atoms with E-state index in [0.29, 0.717) is 5.92 Å². The maximum atomic E-state index is 12.2. The van der Waals surface area contributed by atoms with Gasteiger partial charge in [-0.05, 0) is 49.3 Å². The van der Waals surface area contributed by atoms with Gasteiger partial charge in [-0.15, -0.1) is 0 Å². The fraction of sp³-hybridized carbons (Fsp3) is 0.542. The zero-order valence-corrected chi connectivity index (χ0v) is 19.1. The summed E-state index contributed by atoms with van der Waals surface area (Å²) in [5.41, 5.74) is 2.98. The smallest absolute Gasteiger partial charge is 0.251 e. The Hall–Kier alpha value is -2.08. The largest absolute Gasteiger partial charge is 0.356 e. The van der Waals surface area contributed by atoms with Crippen molar-refractivity contribution in [2.45, 2.75) is 62.8 Å². The molecular formula is C24H32N4OS. The minimum atomic E-state index is -0.0117. The van der Waals surface area contributed by atoms with Gasteiger partial charge in [-0.3, -0.25) is 4.79 Å². The summed E-state index contributed by atoms with van der Waals surface area (Å²) >= 11 is 1.66. The number of hydrogen-bond acceptors (Lipinski definition) is 5. The lowest BCUT2D eigenvalue weighted by Crippen LogP contribution is -2.25. The van der Waals surface area contributed by atoms with E-state index in [-0.39, 0.29) is 11.3 Å². The van der Waals surface area contributed by atoms with Crippen LogP contribution in [0.1, 0.15) is 68.1 Å². The minimum Gasteiger partial charge on any atom is -0.356 e. The molecule has 1 aromatic carbocycles. The average molecular weight is 425 g/mol. The third-order valence-electron chi connectivity index (χ3n) is 5.72. The zero-order valence-electron chi connectivity index (χ0n) is 18.3. The van der Waals surface area contributed by atoms with Gasteiger partial charge in [0, 0.05) is 42.4 Å². The highest BCUT2D eigenvalue weighted by Gasteiger charge is 2.23. The quantitative estimate of drug-likeness (QED) is 0.511. The number of thioether (sulfide) groups is 1. The van der Waals surface area contributed by atoms with Crippen molar-refractivity contribution in [2.75, 3.05) is 24.5 Å². The number of nitrogens with one attached hydrogen (secondary N) is 1. The van der Waals surface area contributed by atoms with Crippen LogP contribution in [-0.4, -0.2) is 35.5 Å². The van der Waals surface area contributed by atoms with Crippen LogP contribution in [-0.2, 0) is 11.2 Å². The van der Waals surface area contributed by atoms with E-state index in [1.807, 2.05) is 24.3 Å². The molecule has 1 amide bonds. The molecule has 1 saturated carbocycles. The summed E-state index contributed by atoms with van der Waals surface area (Å²) in [6, 6.07) is 10.1. The maximum absolute atomic E-state index is 12.2. The average Bonchev–Trinajstić information content (AvgIpc) is 3.40. The van der Waals surface area contributed by atoms with E-state index < -0.39 is 0 Å². The summed E-state index contributed by atoms with van der Waals surface area (Å²) in [4.78, 5) is 24.3. The molecule has 0 bridgehead atoms. The minimum absolute atomic E-state index is 0.0117. The summed E-state index contributed by atoms with van der Waals surface area (Å²) in [5, 5.41) is 3.85. The fourth-order valence-corrected chi connectivity index (χ4v) is 4.34. The van der Waals surface area contributed by atoms with Crippen LogP contribution in [0.4, 0.5) is 5.82 Å². The number of rotatable bonds is 7. The standard InChI is InChI=1S/C24H32N4OS/c1-24(2,3)20-14-21(28-12-4-5-13-28)27-23(26-20)30-16-18-8-10-19(11-9-18)22(29)25-15-17-6-7-17/h8-11,14,17H,4-7,12-13,15-16H2,1-3H3,(H,25,29). The molecule has 30 heavy (non-hydrogen) atoms. The Balaban J connectivity index is 1.42. The van der Waals surface area contributed by atoms with Gasteiger partial charge in [-0.1, -0.05) is 44.7 Å². The summed E-state index contributed by atoms with van der Waals surface area (Å²) < 4.78 is 0. The van der Waals surface area contributed by atoms with Gasteiger partial charge >= 0.3 is 0 Å². The van der Waals surface area contributed by atoms with Crippen molar-refractivity contribution in [1.29, 1.82) is 0 Å². The van der Waals surface area contributed by atoms with E-state index in [1.165, 1.54) is 31.2 Å². The molecule has 6 heteroatoms. The molecule has 1 aromatic heterocycles. The second-order valence-electron chi connectivity index (χ2n) is 9.48. The molecule has 0 atom stereocenters. The monoisotopic (exact) mass is 424 g/mol. The molecule has 5 nitrogen and oxygen atoms in total. The van der Waals surface area contributed by atoms with Crippen LogP contribution in [0, 0.1) is 5.92 Å². The lowest BCUT2D eigenvalue weighted by atomic mass is 9.92. The van der Waals surface area contributed by atoms with Crippen molar-refractivity contribution in [3.05, 3.63) is 47.2 Å². The lowest BCUT2D eigenvalue weighted by molar-refractivity contribution is 0.0952. The number of amides is 1. The van der Waals surface area contributed by atoms with Crippen LogP contribution >= 0.6 is 11.8 Å². The molecular weight excluding hydrogens is 392 g/mol. The molecule has 4 rings (SSSR count). The van der Waals surface area contributed by atoms with Crippen LogP contribution in [0.15, 0.2) is 35.5 Å². The molecule has 2 fully saturated rings. The third kappa shape index (κ3) is 5.54. The van der Waals surface area contributed by atoms with E-state index in [4.69, 9.17) is 9.97 Å². The first-order valence-corrected chi connectivity index (χ1v) is 12.0. The summed E-state index contributed by atoms with van der Waals surface area (Å²) in [6.45, 7) is 9.56. The molecule has 2 aromatic rings. The van der Waals surface area contributed by atoms with Crippen LogP contribution < -0.4 is 10.2 Å². The Labute approximate surface area is 184 Å². The van der Waals surface area contributed by atoms with E-state index >= 15 is 0 Å². The Kier molecular flexibility index (Phi) is 6.32. The molecule has 0 spiro atoms. The van der Waals surface area contributed by atoms with Crippen LogP contribution in [0.25, 0.3) is 0 Å². The molecule has 2 aliphatic rings. The fourth-order valence-electron chi connectivity index (χ4n) is 3.53. The van der Waals surface area contributed by atoms with Crippen LogP contribution in [0.2, 0.25) is 0 Å². The van der Waals surface area contributed by atoms with Crippen molar-refractivity contribution in [3.63, 3.8) is 0 Å². The molecule has 160 valence electrons. The summed E-state index contributed by atoms with van der Waals surface area (Å²) in [5.74, 6) is 2.56. The van der Waals surface area contributed by atoms with E-state index in [9.17, 15) is 4.79 Å². The third-order valence-corrected chi connectivity index (χ3v) is 6.64. The number of hydrogen-bond donors (Lipinski definition) is 1. The molecule has 2 heterocycles. The second-order valence-corrected chi connectivity index (χ2v) is 10.4. The number of aromatic nitrogens is 2. The van der Waals surface area contributed by atoms with Gasteiger partial charge in [-0.25, -0.2) is 9.97 Å². The summed E-state index contributed by atoms with van der Waals surface area (Å²) in [7, 11) is 0. The van der Waals surface area contributed by atoms with Crippen LogP contribution in [0.5, 0.6) is 0 Å². The number of benzene rings is 1. The summed E-state index contributed by atoms with van der Waals surface area (Å²) in [6.07, 6.45) is 4.96. The lowest BCUT2D eigenvalue weighted by Gasteiger charge is -2.23. The van der Waals surface area contributed by atoms with Crippen molar-refractivity contribution in [2.24, 2.45) is 5.92 Å². The Morgan fingerprint density at radius 3 is 2.47 bits per heavy atom. The number of nitrogens with zero attached hydrogens (tertiary/aromatic N) is 3. The van der Waals surface area contributed by atoms with Gasteiger partial charge in [0.2, 0.25) is 0 Å². The normalized spacial score (nSPS) is 16.7. The van der Waals surface area contributed by atoms with Gasteiger partial charge in [0.25, 0.3) is 5.91 Å². The van der Waals surface area contributed by atoms with E-state index in [1.54, 1.807) is 11.8 Å². The number of carbonyl (C=O) groups excluding carboxylic acids is 1. The van der Waals surface area contributed by atoms with Crippen LogP contribution in [0.3, 0.4) is 0 Å². The van der Waals surface area contributed by atoms with Crippen molar-refractivity contribution >= 4 is 23.5 Å². The highest BCUT2D eigenvalue weighted by molar-refractivity contribution is 7.98. The number of anilines is 1. The van der Waals surface area contributed by atoms with Gasteiger partial charge in [0.15, 0.2) is 5.16 Å². The Morgan fingerprint density at radius 2 is 1.83 bits per heavy atom. The Morgan fingerprint density at radius 1 is 1.13 bits per heavy atom. The predicted octanol–water partition coefficient (Wildman–Crippen LogP) is 4.81. The molecule has 0 radical (unpaired) electrons. The number of carbonyl (C=O) groups is 1. The highest BCUT2D eigenvalue weighted by Crippen LogP contribution is 2.30. The van der Waals surface area contributed by atoms with Gasteiger partial charge in [0.1, 0.15) is 5.82 Å². The molecule has 0 unspecified atom stereocenters. The molecule has 1 aliphatic carbocycles. The van der Waals surface area contributed by atoms with Gasteiger partial charge in [0.05, 0.1) is 5.69 Å². The second kappa shape index (κ2) is 8.96. The van der Waals surface area contributed by atoms with Gasteiger partial charge in [-0.2, -0.15) is 0 Å². The van der Waals surface area contributed by atoms with Crippen molar-refractivity contribution < 1.29 is 4.79 Å². The topological polar surface area (TPSA) is 58.1 Å². The first-order chi connectivity index (χ1) is 14.4. The Bertz CT molecular complexity index is 881. The maximum Gasteiger partial charge on any atom is 0.251 e. The van der Waals surface area contributed by atoms with Gasteiger partial charge < -0.3 is 10.2 Å². The predicted molar refractivity (Wildman–Crippen MR) is 123 cm³/mol. The van der Waals surface area contributed by atoms with Crippen molar-refractivity contribution in [1.82, 2.24) is 15.3 Å². The zero-order chi connectivity index (χ0) is 21.1. The first kappa shape index (κ1) is 21.2. The molecule has 1 saturated heterocycles. The first-order valence-electron chi connectivity index (χ1n) is 11.0. The molecule has 1 aliphatic heterocycles.